The molecule has 0 aliphatic carbocycles. The largest absolute Gasteiger partial charge is 0.456 e. The predicted octanol–water partition coefficient (Wildman–Crippen LogP) is 6.16. The van der Waals surface area contributed by atoms with Gasteiger partial charge in [0.25, 0.3) is 0 Å². The average Bonchev–Trinajstić information content (AvgIpc) is 3.32. The maximum Gasteiger partial charge on any atom is 0.216 e. The molecule has 0 fully saturated rings. The van der Waals surface area contributed by atoms with Crippen LogP contribution in [0.4, 0.5) is 0 Å². The van der Waals surface area contributed by atoms with Crippen molar-refractivity contribution in [3.8, 4) is 28.5 Å². The first-order valence-electron chi connectivity index (χ1n) is 12.6. The molecule has 3 nitrogen and oxygen atoms in total. The topological polar surface area (TPSA) is 40.8 Å². The molecule has 0 unspecified atom stereocenters. The number of nitrogens with zero attached hydrogens (tertiary/aromatic N) is 2. The second kappa shape index (κ2) is 9.11. The fourth-order valence-corrected chi connectivity index (χ4v) is 5.41. The molecular weight excluding hydrogens is 451 g/mol. The first-order valence-corrected chi connectivity index (χ1v) is 12.6. The third-order valence-corrected chi connectivity index (χ3v) is 7.44. The van der Waals surface area contributed by atoms with Gasteiger partial charge in [0.1, 0.15) is 18.2 Å². The Morgan fingerprint density at radius 3 is 2.16 bits per heavy atom. The molecular formula is C33H26BN2O+. The van der Waals surface area contributed by atoms with E-state index in [9.17, 15) is 5.26 Å². The molecule has 0 aliphatic heterocycles. The number of benzene rings is 4. The van der Waals surface area contributed by atoms with Gasteiger partial charge >= 0.3 is 0 Å². The van der Waals surface area contributed by atoms with Crippen LogP contribution in [0.5, 0.6) is 0 Å². The second-order valence-corrected chi connectivity index (χ2v) is 9.66. The first-order chi connectivity index (χ1) is 18.1. The Kier molecular flexibility index (Phi) is 5.62. The fourth-order valence-electron chi connectivity index (χ4n) is 5.41. The summed E-state index contributed by atoms with van der Waals surface area (Å²) >= 11 is 0. The Balaban J connectivity index is 1.54. The number of rotatable bonds is 4. The van der Waals surface area contributed by atoms with Crippen molar-refractivity contribution >= 4 is 39.6 Å². The lowest BCUT2D eigenvalue weighted by Gasteiger charge is -2.13. The lowest BCUT2D eigenvalue weighted by atomic mass is 9.41. The van der Waals surface area contributed by atoms with Gasteiger partial charge in [-0.1, -0.05) is 79.0 Å². The molecule has 6 rings (SSSR count). The molecule has 0 radical (unpaired) electrons. The van der Waals surface area contributed by atoms with Gasteiger partial charge in [0.2, 0.25) is 12.4 Å². The standard InChI is InChI=1S/C33H26BN2O/c1-22-12-18-27-28-19-15-25(21-35)31(33(28)37-32(27)30(22)29-11-7-8-20-36(29)3)34(2)26-16-13-24(14-17-26)23-9-5-4-6-10-23/h4-20H,1-3H3/q+1. The minimum absolute atomic E-state index is 0.0129. The van der Waals surface area contributed by atoms with Crippen molar-refractivity contribution in [3.05, 3.63) is 114 Å². The van der Waals surface area contributed by atoms with E-state index in [0.29, 0.717) is 5.56 Å². The summed E-state index contributed by atoms with van der Waals surface area (Å²) in [6.07, 6.45) is 2.05. The number of pyridine rings is 1. The molecule has 2 heterocycles. The third kappa shape index (κ3) is 3.81. The normalized spacial score (nSPS) is 11.1. The molecule has 2 aromatic heterocycles. The molecule has 0 spiro atoms. The van der Waals surface area contributed by atoms with Crippen LogP contribution in [0.1, 0.15) is 11.1 Å². The highest BCUT2D eigenvalue weighted by Crippen LogP contribution is 2.36. The fraction of sp³-hybridized carbons (Fsp3) is 0.0909. The van der Waals surface area contributed by atoms with E-state index >= 15 is 0 Å². The SMILES string of the molecule is CB(c1ccc(-c2ccccc2)cc1)c1c(C#N)ccc2c1oc1c(-c3cccc[n+]3C)c(C)ccc12. The number of aryl methyl sites for hydroxylation is 2. The summed E-state index contributed by atoms with van der Waals surface area (Å²) in [7, 11) is 2.05. The van der Waals surface area contributed by atoms with Gasteiger partial charge in [0.15, 0.2) is 6.20 Å². The van der Waals surface area contributed by atoms with Crippen LogP contribution in [0.25, 0.3) is 44.3 Å². The highest BCUT2D eigenvalue weighted by molar-refractivity contribution is 6.86. The highest BCUT2D eigenvalue weighted by atomic mass is 16.3. The van der Waals surface area contributed by atoms with Crippen molar-refractivity contribution < 1.29 is 8.98 Å². The van der Waals surface area contributed by atoms with E-state index in [1.54, 1.807) is 0 Å². The number of aromatic nitrogens is 1. The first kappa shape index (κ1) is 22.8. The van der Waals surface area contributed by atoms with E-state index in [1.165, 1.54) is 11.1 Å². The molecule has 0 aliphatic rings. The summed E-state index contributed by atoms with van der Waals surface area (Å²) < 4.78 is 8.84. The Hall–Kier alpha value is -4.62. The molecule has 0 N–H and O–H groups in total. The lowest BCUT2D eigenvalue weighted by Crippen LogP contribution is -2.41. The van der Waals surface area contributed by atoms with Crippen LogP contribution < -0.4 is 15.5 Å². The number of nitriles is 1. The van der Waals surface area contributed by atoms with E-state index in [-0.39, 0.29) is 6.71 Å². The lowest BCUT2D eigenvalue weighted by molar-refractivity contribution is -0.660. The molecule has 0 bridgehead atoms. The van der Waals surface area contributed by atoms with Crippen molar-refractivity contribution in [2.75, 3.05) is 0 Å². The molecule has 0 amide bonds. The minimum Gasteiger partial charge on any atom is -0.456 e. The third-order valence-electron chi connectivity index (χ3n) is 7.44. The molecule has 0 saturated heterocycles. The Morgan fingerprint density at radius 2 is 1.43 bits per heavy atom. The maximum atomic E-state index is 10.1. The summed E-state index contributed by atoms with van der Waals surface area (Å²) in [5, 5.41) is 12.2. The van der Waals surface area contributed by atoms with Crippen LogP contribution in [-0.2, 0) is 7.05 Å². The number of hydrogen-bond acceptors (Lipinski definition) is 2. The van der Waals surface area contributed by atoms with Gasteiger partial charge in [-0.25, -0.2) is 4.57 Å². The van der Waals surface area contributed by atoms with Crippen LogP contribution in [-0.4, -0.2) is 6.71 Å². The summed E-state index contributed by atoms with van der Waals surface area (Å²) in [4.78, 5) is 0. The smallest absolute Gasteiger partial charge is 0.216 e. The zero-order valence-corrected chi connectivity index (χ0v) is 21.2. The van der Waals surface area contributed by atoms with Gasteiger partial charge in [0.05, 0.1) is 17.2 Å². The van der Waals surface area contributed by atoms with Crippen molar-refractivity contribution in [1.29, 1.82) is 5.26 Å². The molecule has 0 atom stereocenters. The Morgan fingerprint density at radius 1 is 0.757 bits per heavy atom. The Labute approximate surface area is 217 Å². The van der Waals surface area contributed by atoms with Gasteiger partial charge < -0.3 is 4.42 Å². The molecule has 176 valence electrons. The van der Waals surface area contributed by atoms with Gasteiger partial charge in [-0.2, -0.15) is 5.26 Å². The zero-order chi connectivity index (χ0) is 25.5. The molecule has 0 saturated carbocycles. The molecule has 4 heteroatoms. The number of fused-ring (bicyclic) bond motifs is 3. The summed E-state index contributed by atoms with van der Waals surface area (Å²) in [5.74, 6) is 0. The summed E-state index contributed by atoms with van der Waals surface area (Å²) in [6.45, 7) is 4.26. The predicted molar refractivity (Wildman–Crippen MR) is 153 cm³/mol. The van der Waals surface area contributed by atoms with Crippen LogP contribution >= 0.6 is 0 Å². The van der Waals surface area contributed by atoms with E-state index < -0.39 is 0 Å². The van der Waals surface area contributed by atoms with Crippen LogP contribution in [0.2, 0.25) is 6.82 Å². The maximum absolute atomic E-state index is 10.1. The van der Waals surface area contributed by atoms with Gasteiger partial charge in [-0.05, 0) is 47.3 Å². The number of furan rings is 1. The highest BCUT2D eigenvalue weighted by Gasteiger charge is 2.26. The number of hydrogen-bond donors (Lipinski definition) is 0. The molecule has 37 heavy (non-hydrogen) atoms. The van der Waals surface area contributed by atoms with E-state index in [2.05, 4.69) is 110 Å². The van der Waals surface area contributed by atoms with Crippen LogP contribution in [0.15, 0.2) is 108 Å². The van der Waals surface area contributed by atoms with Gasteiger partial charge in [-0.15, -0.1) is 0 Å². The van der Waals surface area contributed by atoms with Crippen LogP contribution in [0.3, 0.4) is 0 Å². The Bertz CT molecular complexity index is 1810. The summed E-state index contributed by atoms with van der Waals surface area (Å²) in [6, 6.07) is 35.9. The van der Waals surface area contributed by atoms with E-state index in [0.717, 1.165) is 49.7 Å². The second-order valence-electron chi connectivity index (χ2n) is 9.66. The van der Waals surface area contributed by atoms with E-state index in [4.69, 9.17) is 4.42 Å². The molecule has 4 aromatic carbocycles. The van der Waals surface area contributed by atoms with E-state index in [1.807, 2.05) is 24.3 Å². The van der Waals surface area contributed by atoms with Crippen LogP contribution in [0, 0.1) is 18.3 Å². The quantitative estimate of drug-likeness (QED) is 0.225. The van der Waals surface area contributed by atoms with Crippen molar-refractivity contribution in [1.82, 2.24) is 0 Å². The van der Waals surface area contributed by atoms with Crippen molar-refractivity contribution in [2.24, 2.45) is 7.05 Å². The monoisotopic (exact) mass is 477 g/mol. The van der Waals surface area contributed by atoms with Gasteiger partial charge in [-0.3, -0.25) is 0 Å². The minimum atomic E-state index is -0.0129. The van der Waals surface area contributed by atoms with Gasteiger partial charge in [0, 0.05) is 22.9 Å². The molecule has 6 aromatic rings. The van der Waals surface area contributed by atoms with Crippen molar-refractivity contribution in [2.45, 2.75) is 13.7 Å². The zero-order valence-electron chi connectivity index (χ0n) is 21.2. The average molecular weight is 477 g/mol. The summed E-state index contributed by atoms with van der Waals surface area (Å²) in [5.41, 5.74) is 10.1. The van der Waals surface area contributed by atoms with Crippen molar-refractivity contribution in [3.63, 3.8) is 0 Å².